The summed E-state index contributed by atoms with van der Waals surface area (Å²) in [6.07, 6.45) is 0. The van der Waals surface area contributed by atoms with E-state index in [1.54, 1.807) is 40.6 Å². The van der Waals surface area contributed by atoms with Gasteiger partial charge in [0.2, 0.25) is 0 Å². The molecule has 2 N–H and O–H groups in total. The number of benzene rings is 15. The quantitative estimate of drug-likeness (QED) is 0.0863. The zero-order valence-corrected chi connectivity index (χ0v) is 87.1. The summed E-state index contributed by atoms with van der Waals surface area (Å²) in [4.78, 5) is 2.13. The highest BCUT2D eigenvalue weighted by Crippen LogP contribution is 2.55. The Morgan fingerprint density at radius 2 is 0.589 bits per heavy atom. The summed E-state index contributed by atoms with van der Waals surface area (Å²) < 4.78 is 170. The van der Waals surface area contributed by atoms with Crippen LogP contribution in [0.2, 0.25) is 10.0 Å². The first-order valence-corrected chi connectivity index (χ1v) is 50.3. The molecule has 0 fully saturated rings. The Balaban J connectivity index is 0.000000119. The van der Waals surface area contributed by atoms with Crippen molar-refractivity contribution in [1.82, 2.24) is 13.7 Å². The molecule has 0 atom stereocenters. The monoisotopic (exact) mass is 2240 g/mol. The molecule has 20 nitrogen and oxygen atoms in total. The predicted molar refractivity (Wildman–Crippen MR) is 563 cm³/mol. The average Bonchev–Trinajstić information content (AvgIpc) is 1.56. The summed E-state index contributed by atoms with van der Waals surface area (Å²) in [5.41, 5.74) is 14.1. The van der Waals surface area contributed by atoms with Crippen molar-refractivity contribution in [3.63, 3.8) is 0 Å². The molecule has 0 unspecified atom stereocenters. The number of ether oxygens (including phenoxy) is 9. The van der Waals surface area contributed by atoms with Crippen molar-refractivity contribution in [3.05, 3.63) is 325 Å². The molecule has 724 valence electrons. The average molecular weight is 2250 g/mol. The van der Waals surface area contributed by atoms with Crippen LogP contribution in [0.1, 0.15) is 55.6 Å². The highest BCUT2D eigenvalue weighted by atomic mass is 79.9. The van der Waals surface area contributed by atoms with E-state index in [4.69, 9.17) is 65.8 Å². The summed E-state index contributed by atoms with van der Waals surface area (Å²) in [5.74, 6) is 12.4. The van der Waals surface area contributed by atoms with Crippen molar-refractivity contribution in [2.75, 3.05) is 38.7 Å². The number of hydrogen-bond acceptors (Lipinski definition) is 17. The Morgan fingerprint density at radius 1 is 0.319 bits per heavy atom. The van der Waals surface area contributed by atoms with E-state index in [0.29, 0.717) is 10.0 Å². The smallest absolute Gasteiger partial charge is 0.508 e. The van der Waals surface area contributed by atoms with Gasteiger partial charge < -0.3 is 71.7 Å². The van der Waals surface area contributed by atoms with Gasteiger partial charge in [-0.1, -0.05) is 65.7 Å². The fraction of sp³-hybridized carbons (Fsp3) is 0.151. The van der Waals surface area contributed by atoms with Crippen LogP contribution in [0.5, 0.6) is 86.2 Å². The maximum absolute atomic E-state index is 11.4. The first-order valence-electron chi connectivity index (χ1n) is 43.2. The number of aromatic hydroxyl groups is 1. The van der Waals surface area contributed by atoms with E-state index < -0.39 is 31.3 Å². The van der Waals surface area contributed by atoms with Gasteiger partial charge in [0.25, 0.3) is 0 Å². The second-order valence-corrected chi connectivity index (χ2v) is 44.9. The fourth-order valence-electron chi connectivity index (χ4n) is 16.7. The molecule has 0 bridgehead atoms. The maximum atomic E-state index is 11.4. The molecule has 0 amide bonds. The Bertz CT molecular complexity index is 7950. The topological polar surface area (TPSA) is 211 Å². The van der Waals surface area contributed by atoms with Gasteiger partial charge >= 0.3 is 34.4 Å². The van der Waals surface area contributed by atoms with Crippen LogP contribution in [0.3, 0.4) is 0 Å². The lowest BCUT2D eigenvalue weighted by Crippen LogP contribution is -2.34. The summed E-state index contributed by atoms with van der Waals surface area (Å²) in [5, 5.41) is 21.5. The Labute approximate surface area is 852 Å². The Hall–Kier alpha value is -12.7. The number of fused-ring (bicyclic) bond motifs is 19. The number of nitrogens with zero attached hydrogens (tertiary/aromatic N) is 4. The summed E-state index contributed by atoms with van der Waals surface area (Å²) >= 11 is 24.9. The predicted octanol–water partition coefficient (Wildman–Crippen LogP) is 32.9. The lowest BCUT2D eigenvalue weighted by Gasteiger charge is -2.33. The van der Waals surface area contributed by atoms with E-state index in [1.165, 1.54) is 71.5 Å². The lowest BCUT2D eigenvalue weighted by atomic mass is 10.1. The van der Waals surface area contributed by atoms with E-state index in [1.807, 2.05) is 94.6 Å². The number of phenols is 1. The van der Waals surface area contributed by atoms with Crippen LogP contribution < -0.4 is 52.8 Å². The van der Waals surface area contributed by atoms with E-state index in [-0.39, 0.29) is 8.93 Å². The Kier molecular flexibility index (Phi) is 29.2. The van der Waals surface area contributed by atoms with Crippen molar-refractivity contribution in [3.8, 4) is 103 Å². The molecule has 35 heteroatoms. The highest BCUT2D eigenvalue weighted by Gasteiger charge is 2.57. The van der Waals surface area contributed by atoms with Crippen molar-refractivity contribution < 1.29 is 94.5 Å². The standard InChI is InChI=1S/C21H18ClNO2.2C21H17NO2.C20H15NO2.C14H13NO.C7H6BrClO.C2F6O5S2.BBr3/c1-13-4-7-18-20(10-13)25-21-11-14(2)5-8-19(21)23(18)17-9-6-15(24-3)12-16(17)22;2*1-12-4-6-18-19(9-12)24-20-10-13(2)8-16-15-11-14(23-3)5-7-17(15)22(18)21(16)20;1-11-3-5-17-18(8-11)23-19-9-12(2)7-15-14-10-13(22)4-6-16(14)21(17)20(15)19;1-9-3-5-11-13(7-9)16-14-8-10(2)4-6-12(14)15-11;1-10-5-2-3-6(8)7(9)4-5;3-1(4,5)14(9,10)13-15(11,12)2(6,7)8;2-1(3)4/h4-12H,1-3H3;2*4-11H,1-3H3;3-10,22H,1-2H3;3-8,15H,1-2H3;2-4H,1H3;;. The van der Waals surface area contributed by atoms with E-state index in [2.05, 4.69) is 308 Å². The number of aryl methyl sites for hydroxylation is 10. The minimum Gasteiger partial charge on any atom is -0.508 e. The van der Waals surface area contributed by atoms with E-state index in [0.717, 1.165) is 180 Å². The third-order valence-electron chi connectivity index (χ3n) is 23.0. The van der Waals surface area contributed by atoms with Crippen LogP contribution in [-0.4, -0.2) is 78.3 Å². The van der Waals surface area contributed by atoms with Crippen molar-refractivity contribution in [2.45, 2.75) is 80.3 Å². The highest BCUT2D eigenvalue weighted by molar-refractivity contribution is 9.69. The number of nitrogens with one attached hydrogen (secondary N) is 1. The summed E-state index contributed by atoms with van der Waals surface area (Å²) in [7, 11) is -7.04. The Morgan fingerprint density at radius 3 is 0.929 bits per heavy atom. The molecule has 0 spiro atoms. The van der Waals surface area contributed by atoms with Gasteiger partial charge in [-0.25, -0.2) is 0 Å². The molecule has 3 aromatic heterocycles. The SMILES string of the molecule is BrB(Br)Br.COc1ccc(Br)c(Cl)c1.COc1ccc(N2c3ccc(C)cc3Oc3cc(C)ccc32)c(Cl)c1.COc1ccc2c(c1)c1cc(C)cc3c1n2-c1ccc(C)cc1O3.COc1ccc2c(c1)c1cc(C)cc3c1n2-c1ccc(C)cc1O3.Cc1ccc2c(c1)Oc1cc(C)cc3c4cc(O)ccc4n-2c13.Cc1ccc2c(c1)Oc1cc(C)ccc1N2.O=S(=O)(OS(=O)(=O)C(F)(F)F)C(F)(F)F. The van der Waals surface area contributed by atoms with Crippen LogP contribution in [-0.2, 0) is 23.9 Å². The minimum atomic E-state index is -6.85. The van der Waals surface area contributed by atoms with Gasteiger partial charge in [-0.2, -0.15) is 43.2 Å². The molecule has 23 rings (SSSR count). The number of anilines is 5. The van der Waals surface area contributed by atoms with Gasteiger partial charge in [0.1, 0.15) is 28.7 Å². The molecule has 0 saturated carbocycles. The molecule has 0 radical (unpaired) electrons. The van der Waals surface area contributed by atoms with Gasteiger partial charge in [0.05, 0.1) is 117 Å². The van der Waals surface area contributed by atoms with Crippen LogP contribution in [0.15, 0.2) is 259 Å². The van der Waals surface area contributed by atoms with Gasteiger partial charge in [-0.05, 0) is 347 Å². The molecule has 8 heterocycles. The van der Waals surface area contributed by atoms with Gasteiger partial charge in [0, 0.05) is 42.9 Å². The van der Waals surface area contributed by atoms with E-state index in [9.17, 15) is 48.3 Å². The summed E-state index contributed by atoms with van der Waals surface area (Å²) in [6, 6.07) is 85.8. The molecule has 15 aromatic carbocycles. The van der Waals surface area contributed by atoms with Gasteiger partial charge in [-0.15, -0.1) is 50.9 Å². The number of aromatic nitrogens is 3. The molecule has 0 aliphatic carbocycles. The normalized spacial score (nSPS) is 12.3. The van der Waals surface area contributed by atoms with Gasteiger partial charge in [-0.3, -0.25) is 0 Å². The largest absolute Gasteiger partial charge is 0.524 e. The number of phenolic OH excluding ortho intramolecular Hbond substituents is 1. The molecule has 5 aliphatic rings. The second kappa shape index (κ2) is 40.7. The third kappa shape index (κ3) is 21.2. The van der Waals surface area contributed by atoms with Crippen LogP contribution in [0.4, 0.5) is 54.8 Å². The van der Waals surface area contributed by atoms with Gasteiger partial charge in [0.15, 0.2) is 57.5 Å². The molecule has 141 heavy (non-hydrogen) atoms. The van der Waals surface area contributed by atoms with Crippen LogP contribution in [0, 0.1) is 69.2 Å². The second-order valence-electron chi connectivity index (χ2n) is 33.5. The molecular formula is C106H86BBr4Cl2F6N5O15S2. The third-order valence-corrected chi connectivity index (χ3v) is 27.1. The number of halogens is 12. The zero-order valence-electron chi connectivity index (χ0n) is 77.6. The molecule has 18 aromatic rings. The number of rotatable bonds is 7. The number of methoxy groups -OCH3 is 4. The minimum absolute atomic E-state index is 0.271. The number of hydrogen-bond donors (Lipinski definition) is 2. The van der Waals surface area contributed by atoms with E-state index >= 15 is 0 Å². The lowest BCUT2D eigenvalue weighted by molar-refractivity contribution is -0.0586. The van der Waals surface area contributed by atoms with Crippen molar-refractivity contribution >= 4 is 204 Å². The molecule has 5 aliphatic heterocycles. The first kappa shape index (κ1) is 101. The van der Waals surface area contributed by atoms with Crippen molar-refractivity contribution in [1.29, 1.82) is 0 Å². The van der Waals surface area contributed by atoms with Crippen LogP contribution >= 0.6 is 86.4 Å². The number of alkyl halides is 6. The first-order chi connectivity index (χ1) is 66.9. The molecule has 0 saturated heterocycles. The zero-order chi connectivity index (χ0) is 101. The summed E-state index contributed by atoms with van der Waals surface area (Å²) in [6.45, 7) is 20.8. The maximum Gasteiger partial charge on any atom is 0.524 e. The fourth-order valence-corrected chi connectivity index (χ4v) is 19.0. The van der Waals surface area contributed by atoms with Crippen LogP contribution in [0.25, 0.3) is 82.5 Å². The molecular weight excluding hydrogens is 2160 g/mol. The van der Waals surface area contributed by atoms with Crippen molar-refractivity contribution in [2.24, 2.45) is 0 Å².